The summed E-state index contributed by atoms with van der Waals surface area (Å²) in [5.74, 6) is -3.22. The molecule has 35 heavy (non-hydrogen) atoms. The number of nitrogens with zero attached hydrogens (tertiary/aromatic N) is 1. The molecule has 1 aliphatic heterocycles. The van der Waals surface area contributed by atoms with E-state index in [9.17, 15) is 36.0 Å². The summed E-state index contributed by atoms with van der Waals surface area (Å²) in [5.41, 5.74) is -4.46. The Morgan fingerprint density at radius 2 is 1.54 bits per heavy atom. The Balaban J connectivity index is 2.20. The Hall–Kier alpha value is -3.51. The molecule has 0 bridgehead atoms. The van der Waals surface area contributed by atoms with Crippen molar-refractivity contribution in [1.29, 1.82) is 0 Å². The molecule has 2 N–H and O–H groups in total. The predicted molar refractivity (Wildman–Crippen MR) is 122 cm³/mol. The highest BCUT2D eigenvalue weighted by Crippen LogP contribution is 2.47. The maximum atomic E-state index is 14.7. The molecule has 0 saturated carbocycles. The van der Waals surface area contributed by atoms with Crippen LogP contribution in [0.2, 0.25) is 0 Å². The lowest BCUT2D eigenvalue weighted by molar-refractivity contribution is -0.183. The van der Waals surface area contributed by atoms with Crippen molar-refractivity contribution in [2.24, 2.45) is 0 Å². The molecule has 0 radical (unpaired) electrons. The predicted octanol–water partition coefficient (Wildman–Crippen LogP) is 3.44. The number of ketones is 1. The van der Waals surface area contributed by atoms with E-state index >= 15 is 0 Å². The summed E-state index contributed by atoms with van der Waals surface area (Å²) >= 11 is 0. The summed E-state index contributed by atoms with van der Waals surface area (Å²) in [5, 5.41) is 2.41. The van der Waals surface area contributed by atoms with Gasteiger partial charge in [0.25, 0.3) is 5.91 Å². The Bertz CT molecular complexity index is 1350. The molecule has 1 atom stereocenters. The minimum Gasteiger partial charge on any atom is -0.326 e. The highest BCUT2D eigenvalue weighted by Gasteiger charge is 2.70. The van der Waals surface area contributed by atoms with E-state index in [0.29, 0.717) is 10.5 Å². The maximum Gasteiger partial charge on any atom is 0.421 e. The molecule has 12 heteroatoms. The van der Waals surface area contributed by atoms with Gasteiger partial charge in [-0.3, -0.25) is 19.3 Å². The third-order valence-corrected chi connectivity index (χ3v) is 6.97. The van der Waals surface area contributed by atoms with Crippen LogP contribution >= 0.6 is 0 Å². The number of amides is 2. The van der Waals surface area contributed by atoms with Gasteiger partial charge in [0.05, 0.1) is 16.2 Å². The fourth-order valence-electron chi connectivity index (χ4n) is 4.03. The summed E-state index contributed by atoms with van der Waals surface area (Å²) in [6, 6.07) is 10.4. The number of alkyl halides is 3. The number of allylic oxidation sites excluding steroid dienone is 1. The quantitative estimate of drug-likeness (QED) is 0.620. The number of benzene rings is 2. The van der Waals surface area contributed by atoms with Crippen LogP contribution in [-0.4, -0.2) is 37.7 Å². The molecule has 0 spiro atoms. The summed E-state index contributed by atoms with van der Waals surface area (Å²) < 4.78 is 71.8. The van der Waals surface area contributed by atoms with Crippen LogP contribution in [0.3, 0.4) is 0 Å². The lowest BCUT2D eigenvalue weighted by Crippen LogP contribution is -2.66. The topological polar surface area (TPSA) is 113 Å². The Morgan fingerprint density at radius 1 is 0.971 bits per heavy atom. The van der Waals surface area contributed by atoms with Gasteiger partial charge in [0.1, 0.15) is 0 Å². The molecule has 8 nitrogen and oxygen atoms in total. The van der Waals surface area contributed by atoms with E-state index < -0.39 is 49.8 Å². The third kappa shape index (κ3) is 4.46. The molecule has 2 amide bonds. The minimum atomic E-state index is -5.51. The minimum absolute atomic E-state index is 0.0822. The summed E-state index contributed by atoms with van der Waals surface area (Å²) in [6.45, 7) is 4.79. The number of para-hydroxylation sites is 1. The van der Waals surface area contributed by atoms with Crippen LogP contribution < -0.4 is 14.9 Å². The molecule has 0 aliphatic carbocycles. The van der Waals surface area contributed by atoms with E-state index in [4.69, 9.17) is 0 Å². The Morgan fingerprint density at radius 3 is 2.03 bits per heavy atom. The summed E-state index contributed by atoms with van der Waals surface area (Å²) in [7, 11) is -4.99. The molecular weight excluding hydrogens is 487 g/mol. The van der Waals surface area contributed by atoms with E-state index in [1.165, 1.54) is 35.9 Å². The molecule has 186 valence electrons. The highest BCUT2D eigenvalue weighted by atomic mass is 32.2. The van der Waals surface area contributed by atoms with Crippen molar-refractivity contribution >= 4 is 39.0 Å². The third-order valence-electron chi connectivity index (χ3n) is 5.50. The molecule has 1 heterocycles. The first kappa shape index (κ1) is 26.1. The van der Waals surface area contributed by atoms with Crippen molar-refractivity contribution in [1.82, 2.24) is 4.72 Å². The highest BCUT2D eigenvalue weighted by molar-refractivity contribution is 7.89. The number of hydrogen-bond donors (Lipinski definition) is 2. The second kappa shape index (κ2) is 8.93. The van der Waals surface area contributed by atoms with Gasteiger partial charge in [-0.15, -0.1) is 0 Å². The zero-order valence-electron chi connectivity index (χ0n) is 19.1. The molecular formula is C23H22F3N3O5S. The van der Waals surface area contributed by atoms with Gasteiger partial charge >= 0.3 is 6.18 Å². The lowest BCUT2D eigenvalue weighted by Gasteiger charge is -2.33. The van der Waals surface area contributed by atoms with Gasteiger partial charge in [-0.2, -0.15) is 17.9 Å². The van der Waals surface area contributed by atoms with Crippen LogP contribution in [0.25, 0.3) is 0 Å². The van der Waals surface area contributed by atoms with Crippen molar-refractivity contribution in [3.05, 3.63) is 65.4 Å². The fourth-order valence-corrected chi connectivity index (χ4v) is 5.35. The van der Waals surface area contributed by atoms with Crippen molar-refractivity contribution in [2.45, 2.75) is 44.3 Å². The van der Waals surface area contributed by atoms with E-state index in [2.05, 4.69) is 5.32 Å². The van der Waals surface area contributed by atoms with Crippen LogP contribution in [0.5, 0.6) is 0 Å². The zero-order chi connectivity index (χ0) is 26.3. The largest absolute Gasteiger partial charge is 0.421 e. The van der Waals surface area contributed by atoms with Crippen LogP contribution in [0.1, 0.15) is 26.3 Å². The first-order chi connectivity index (χ1) is 16.1. The molecule has 2 aromatic carbocycles. The van der Waals surface area contributed by atoms with Crippen LogP contribution in [0, 0.1) is 6.92 Å². The SMILES string of the molecule is CC(=O)Nc1ccc(S(=O)(=O)N[C@@]2(C(F)(F)F)C(=O)N(c3ccccc3C)C(C)=C2C(C)=O)cc1. The van der Waals surface area contributed by atoms with Crippen LogP contribution in [0.4, 0.5) is 24.5 Å². The number of anilines is 2. The van der Waals surface area contributed by atoms with Crippen LogP contribution in [-0.2, 0) is 24.4 Å². The van der Waals surface area contributed by atoms with E-state index in [0.717, 1.165) is 26.0 Å². The second-order valence-electron chi connectivity index (χ2n) is 8.00. The number of carbonyl (C=O) groups excluding carboxylic acids is 3. The number of halogens is 3. The first-order valence-electron chi connectivity index (χ1n) is 10.2. The average molecular weight is 510 g/mol. The van der Waals surface area contributed by atoms with E-state index in [1.54, 1.807) is 19.1 Å². The van der Waals surface area contributed by atoms with Gasteiger partial charge in [0, 0.05) is 18.3 Å². The Labute approximate surface area is 199 Å². The number of aryl methyl sites for hydroxylation is 1. The monoisotopic (exact) mass is 509 g/mol. The average Bonchev–Trinajstić information content (AvgIpc) is 2.95. The molecule has 2 aromatic rings. The van der Waals surface area contributed by atoms with Gasteiger partial charge in [-0.05, 0) is 56.7 Å². The number of nitrogens with one attached hydrogen (secondary N) is 2. The number of sulfonamides is 1. The number of hydrogen-bond acceptors (Lipinski definition) is 5. The molecule has 0 aromatic heterocycles. The number of rotatable bonds is 6. The number of carbonyl (C=O) groups is 3. The van der Waals surface area contributed by atoms with Gasteiger partial charge in [0.2, 0.25) is 21.5 Å². The van der Waals surface area contributed by atoms with E-state index in [-0.39, 0.29) is 17.1 Å². The maximum absolute atomic E-state index is 14.7. The molecule has 1 aliphatic rings. The Kier molecular flexibility index (Phi) is 6.66. The summed E-state index contributed by atoms with van der Waals surface area (Å²) in [4.78, 5) is 37.2. The van der Waals surface area contributed by atoms with Gasteiger partial charge in [0.15, 0.2) is 5.78 Å². The van der Waals surface area contributed by atoms with Crippen molar-refractivity contribution < 1.29 is 36.0 Å². The first-order valence-corrected chi connectivity index (χ1v) is 11.7. The van der Waals surface area contributed by atoms with Crippen molar-refractivity contribution in [3.8, 4) is 0 Å². The lowest BCUT2D eigenvalue weighted by atomic mass is 9.88. The smallest absolute Gasteiger partial charge is 0.326 e. The van der Waals surface area contributed by atoms with E-state index in [1.807, 2.05) is 0 Å². The zero-order valence-corrected chi connectivity index (χ0v) is 20.0. The fraction of sp³-hybridized carbons (Fsp3) is 0.261. The van der Waals surface area contributed by atoms with Gasteiger partial charge in [-0.25, -0.2) is 8.42 Å². The normalized spacial score (nSPS) is 18.7. The van der Waals surface area contributed by atoms with Crippen molar-refractivity contribution in [3.63, 3.8) is 0 Å². The summed E-state index contributed by atoms with van der Waals surface area (Å²) in [6.07, 6.45) is -5.51. The van der Waals surface area contributed by atoms with Gasteiger partial charge in [-0.1, -0.05) is 18.2 Å². The molecule has 3 rings (SSSR count). The standard InChI is InChI=1S/C23H22F3N3O5S/c1-13-7-5-6-8-19(13)29-14(2)20(15(3)30)22(21(29)32,23(24,25)26)28-35(33,34)18-11-9-17(10-12-18)27-16(4)31/h5-12,28H,1-4H3,(H,27,31)/t22-/m1/s1. The van der Waals surface area contributed by atoms with Crippen LogP contribution in [0.15, 0.2) is 64.7 Å². The number of Topliss-reactive ketones (excluding diaryl/α,β-unsaturated/α-hetero) is 1. The molecule has 0 saturated heterocycles. The van der Waals surface area contributed by atoms with Gasteiger partial charge < -0.3 is 5.32 Å². The second-order valence-corrected chi connectivity index (χ2v) is 9.68. The molecule has 0 unspecified atom stereocenters. The van der Waals surface area contributed by atoms with Crippen molar-refractivity contribution in [2.75, 3.05) is 10.2 Å². The molecule has 0 fully saturated rings.